The van der Waals surface area contributed by atoms with Crippen molar-refractivity contribution in [3.63, 3.8) is 0 Å². The van der Waals surface area contributed by atoms with Crippen LogP contribution < -0.4 is 15.8 Å². The summed E-state index contributed by atoms with van der Waals surface area (Å²) in [6.07, 6.45) is 2.67. The van der Waals surface area contributed by atoms with E-state index in [9.17, 15) is 14.4 Å². The second-order valence-corrected chi connectivity index (χ2v) is 5.28. The molecule has 0 unspecified atom stereocenters. The van der Waals surface area contributed by atoms with E-state index in [2.05, 4.69) is 17.0 Å². The largest absolute Gasteiger partial charge is 0.338 e. The van der Waals surface area contributed by atoms with Crippen LogP contribution in [0.3, 0.4) is 0 Å². The van der Waals surface area contributed by atoms with Gasteiger partial charge in [0.15, 0.2) is 0 Å². The zero-order chi connectivity index (χ0) is 17.1. The first-order chi connectivity index (χ1) is 10.9. The highest BCUT2D eigenvalue weighted by Crippen LogP contribution is 2.24. The van der Waals surface area contributed by atoms with Gasteiger partial charge in [0.05, 0.1) is 5.69 Å². The van der Waals surface area contributed by atoms with Gasteiger partial charge >= 0.3 is 0 Å². The summed E-state index contributed by atoms with van der Waals surface area (Å²) < 4.78 is 1.58. The SMILES string of the molecule is C=NC(=N)C(=O)N[C@H]1CCc2cn(CC)c(=O)cc2N(C)C1=O. The minimum Gasteiger partial charge on any atom is -0.338 e. The first-order valence-corrected chi connectivity index (χ1v) is 7.26. The number of amidine groups is 1. The predicted octanol–water partition coefficient (Wildman–Crippen LogP) is -0.0601. The van der Waals surface area contributed by atoms with Crippen LogP contribution in [0.4, 0.5) is 5.69 Å². The van der Waals surface area contributed by atoms with Crippen LogP contribution >= 0.6 is 0 Å². The van der Waals surface area contributed by atoms with Gasteiger partial charge in [-0.25, -0.2) is 4.99 Å². The molecular weight excluding hydrogens is 298 g/mol. The molecular formula is C15H19N5O3. The molecule has 2 amide bonds. The lowest BCUT2D eigenvalue weighted by atomic mass is 10.1. The molecule has 0 spiro atoms. The molecule has 8 nitrogen and oxygen atoms in total. The summed E-state index contributed by atoms with van der Waals surface area (Å²) in [5.41, 5.74) is 1.25. The fraction of sp³-hybridized carbons (Fsp3) is 0.400. The van der Waals surface area contributed by atoms with E-state index in [-0.39, 0.29) is 11.5 Å². The van der Waals surface area contributed by atoms with Crippen LogP contribution in [0.15, 0.2) is 22.1 Å². The summed E-state index contributed by atoms with van der Waals surface area (Å²) in [6, 6.07) is 0.668. The zero-order valence-corrected chi connectivity index (χ0v) is 13.1. The molecule has 1 aliphatic rings. The Kier molecular flexibility index (Phi) is 4.73. The Morgan fingerprint density at radius 2 is 2.22 bits per heavy atom. The molecule has 0 saturated carbocycles. The molecule has 2 heterocycles. The van der Waals surface area contributed by atoms with Crippen LogP contribution in [0.5, 0.6) is 0 Å². The standard InChI is InChI=1S/C15H19N5O3/c1-4-20-8-9-5-6-10(18-14(22)13(16)17-2)15(23)19(3)11(9)7-12(20)21/h7-8,10,16H,2,4-6H2,1,3H3,(H,18,22)/t10-/m0/s1. The van der Waals surface area contributed by atoms with Crippen molar-refractivity contribution in [2.24, 2.45) is 4.99 Å². The molecule has 1 atom stereocenters. The molecule has 2 N–H and O–H groups in total. The number of amides is 2. The molecule has 0 aliphatic carbocycles. The van der Waals surface area contributed by atoms with Crippen LogP contribution in [-0.4, -0.2) is 42.0 Å². The van der Waals surface area contributed by atoms with Crippen LogP contribution in [0.2, 0.25) is 0 Å². The van der Waals surface area contributed by atoms with Crippen molar-refractivity contribution in [3.8, 4) is 0 Å². The summed E-state index contributed by atoms with van der Waals surface area (Å²) in [5.74, 6) is -1.61. The maximum atomic E-state index is 12.5. The first kappa shape index (κ1) is 16.6. The van der Waals surface area contributed by atoms with E-state index in [1.807, 2.05) is 6.92 Å². The van der Waals surface area contributed by atoms with E-state index in [1.54, 1.807) is 17.8 Å². The number of aryl methyl sites for hydroxylation is 2. The number of pyridine rings is 1. The van der Waals surface area contributed by atoms with Gasteiger partial charge in [-0.2, -0.15) is 0 Å². The molecule has 0 saturated heterocycles. The third-order valence-electron chi connectivity index (χ3n) is 3.90. The molecule has 8 heteroatoms. The van der Waals surface area contributed by atoms with Crippen LogP contribution in [-0.2, 0) is 22.6 Å². The molecule has 1 aromatic heterocycles. The predicted molar refractivity (Wildman–Crippen MR) is 87.3 cm³/mol. The van der Waals surface area contributed by atoms with E-state index < -0.39 is 17.8 Å². The van der Waals surface area contributed by atoms with Crippen molar-refractivity contribution in [1.82, 2.24) is 9.88 Å². The lowest BCUT2D eigenvalue weighted by Gasteiger charge is -2.22. The average Bonchev–Trinajstić information content (AvgIpc) is 2.66. The maximum absolute atomic E-state index is 12.5. The quantitative estimate of drug-likeness (QED) is 0.589. The number of nitrogens with zero attached hydrogens (tertiary/aromatic N) is 3. The van der Waals surface area contributed by atoms with Crippen molar-refractivity contribution < 1.29 is 9.59 Å². The van der Waals surface area contributed by atoms with Gasteiger partial charge < -0.3 is 14.8 Å². The lowest BCUT2D eigenvalue weighted by Crippen LogP contribution is -2.48. The monoisotopic (exact) mass is 317 g/mol. The zero-order valence-electron chi connectivity index (χ0n) is 13.1. The summed E-state index contributed by atoms with van der Waals surface area (Å²) in [5, 5.41) is 9.83. The van der Waals surface area contributed by atoms with Crippen molar-refractivity contribution in [1.29, 1.82) is 5.41 Å². The number of anilines is 1. The van der Waals surface area contributed by atoms with Crippen molar-refractivity contribution in [3.05, 3.63) is 28.2 Å². The Morgan fingerprint density at radius 3 is 2.83 bits per heavy atom. The molecule has 122 valence electrons. The number of carbonyl (C=O) groups excluding carboxylic acids is 2. The van der Waals surface area contributed by atoms with E-state index >= 15 is 0 Å². The van der Waals surface area contributed by atoms with Crippen LogP contribution in [0, 0.1) is 5.41 Å². The van der Waals surface area contributed by atoms with E-state index in [0.717, 1.165) is 5.56 Å². The second-order valence-electron chi connectivity index (χ2n) is 5.28. The minimum atomic E-state index is -0.771. The molecule has 1 aliphatic heterocycles. The highest BCUT2D eigenvalue weighted by atomic mass is 16.2. The number of carbonyl (C=O) groups is 2. The van der Waals surface area contributed by atoms with E-state index in [1.165, 1.54) is 11.0 Å². The third kappa shape index (κ3) is 3.20. The van der Waals surface area contributed by atoms with Gasteiger partial charge in [0, 0.05) is 25.9 Å². The Balaban J connectivity index is 2.31. The smallest absolute Gasteiger partial charge is 0.289 e. The highest BCUT2D eigenvalue weighted by molar-refractivity contribution is 6.38. The number of fused-ring (bicyclic) bond motifs is 1. The molecule has 0 fully saturated rings. The average molecular weight is 317 g/mol. The number of hydrogen-bond acceptors (Lipinski definition) is 4. The van der Waals surface area contributed by atoms with E-state index in [4.69, 9.17) is 5.41 Å². The second kappa shape index (κ2) is 6.55. The molecule has 0 radical (unpaired) electrons. The number of rotatable bonds is 2. The number of hydrogen-bond donors (Lipinski definition) is 2. The van der Waals surface area contributed by atoms with Gasteiger partial charge in [0.2, 0.25) is 11.7 Å². The summed E-state index contributed by atoms with van der Waals surface area (Å²) in [4.78, 5) is 40.8. The topological polar surface area (TPSA) is 108 Å². The Morgan fingerprint density at radius 1 is 1.52 bits per heavy atom. The normalized spacial score (nSPS) is 17.2. The maximum Gasteiger partial charge on any atom is 0.289 e. The van der Waals surface area contributed by atoms with Crippen LogP contribution in [0.1, 0.15) is 18.9 Å². The lowest BCUT2D eigenvalue weighted by molar-refractivity contribution is -0.124. The van der Waals surface area contributed by atoms with Gasteiger partial charge in [-0.3, -0.25) is 19.8 Å². The van der Waals surface area contributed by atoms with Crippen molar-refractivity contribution >= 4 is 30.1 Å². The number of likely N-dealkylation sites (N-methyl/N-ethyl adjacent to an activating group) is 1. The fourth-order valence-corrected chi connectivity index (χ4v) is 2.57. The Labute approximate surface area is 133 Å². The summed E-state index contributed by atoms with van der Waals surface area (Å²) in [7, 11) is 1.57. The summed E-state index contributed by atoms with van der Waals surface area (Å²) >= 11 is 0. The number of aromatic nitrogens is 1. The van der Waals surface area contributed by atoms with Crippen molar-refractivity contribution in [2.75, 3.05) is 11.9 Å². The minimum absolute atomic E-state index is 0.175. The molecule has 2 rings (SSSR count). The Bertz CT molecular complexity index is 737. The number of nitrogens with one attached hydrogen (secondary N) is 2. The van der Waals surface area contributed by atoms with Gasteiger partial charge in [-0.1, -0.05) is 0 Å². The van der Waals surface area contributed by atoms with Gasteiger partial charge in [0.1, 0.15) is 6.04 Å². The summed E-state index contributed by atoms with van der Waals surface area (Å²) in [6.45, 7) is 5.54. The molecule has 0 bridgehead atoms. The molecule has 1 aromatic rings. The molecule has 23 heavy (non-hydrogen) atoms. The third-order valence-corrected chi connectivity index (χ3v) is 3.90. The highest BCUT2D eigenvalue weighted by Gasteiger charge is 2.30. The van der Waals surface area contributed by atoms with Gasteiger partial charge in [-0.05, 0) is 32.0 Å². The first-order valence-electron chi connectivity index (χ1n) is 7.26. The van der Waals surface area contributed by atoms with Gasteiger partial charge in [-0.15, -0.1) is 0 Å². The van der Waals surface area contributed by atoms with E-state index in [0.29, 0.717) is 25.1 Å². The Hall–Kier alpha value is -2.77. The number of aliphatic imine (C=N–C) groups is 1. The van der Waals surface area contributed by atoms with Crippen molar-refractivity contribution in [2.45, 2.75) is 32.4 Å². The molecule has 0 aromatic carbocycles. The van der Waals surface area contributed by atoms with Crippen LogP contribution in [0.25, 0.3) is 0 Å². The van der Waals surface area contributed by atoms with Gasteiger partial charge in [0.25, 0.3) is 11.5 Å². The fourth-order valence-electron chi connectivity index (χ4n) is 2.57.